The van der Waals surface area contributed by atoms with E-state index < -0.39 is 0 Å². The van der Waals surface area contributed by atoms with E-state index >= 15 is 0 Å². The van der Waals surface area contributed by atoms with Gasteiger partial charge in [0.05, 0.1) is 19.9 Å². The van der Waals surface area contributed by atoms with E-state index in [-0.39, 0.29) is 5.91 Å². The van der Waals surface area contributed by atoms with Gasteiger partial charge < -0.3 is 19.7 Å². The first-order chi connectivity index (χ1) is 14.7. The van der Waals surface area contributed by atoms with Crippen LogP contribution < -0.4 is 14.8 Å². The van der Waals surface area contributed by atoms with Gasteiger partial charge in [-0.25, -0.2) is 0 Å². The van der Waals surface area contributed by atoms with Crippen LogP contribution in [0, 0.1) is 0 Å². The van der Waals surface area contributed by atoms with Crippen molar-refractivity contribution < 1.29 is 14.3 Å². The summed E-state index contributed by atoms with van der Waals surface area (Å²) in [6.07, 6.45) is 4.86. The van der Waals surface area contributed by atoms with Crippen LogP contribution in [-0.2, 0) is 4.79 Å². The molecule has 160 valence electrons. The third kappa shape index (κ3) is 6.61. The number of nitrogens with zero attached hydrogens (tertiary/aromatic N) is 2. The van der Waals surface area contributed by atoms with Crippen LogP contribution in [0.2, 0.25) is 0 Å². The SMILES string of the molecule is COc1ccc(NC(=O)CCN2CCN(C/C=C/c3ccccc3)CC2)c(OC)c1. The number of rotatable bonds is 9. The highest BCUT2D eigenvalue weighted by Gasteiger charge is 2.17. The molecule has 0 atom stereocenters. The number of benzene rings is 2. The first-order valence-corrected chi connectivity index (χ1v) is 10.4. The van der Waals surface area contributed by atoms with Crippen molar-refractivity contribution in [1.82, 2.24) is 9.80 Å². The molecule has 1 aliphatic heterocycles. The summed E-state index contributed by atoms with van der Waals surface area (Å²) in [5, 5.41) is 2.94. The molecule has 1 fully saturated rings. The number of piperazine rings is 1. The summed E-state index contributed by atoms with van der Waals surface area (Å²) in [5.74, 6) is 1.29. The minimum absolute atomic E-state index is 0.00769. The Kier molecular flexibility index (Phi) is 8.30. The summed E-state index contributed by atoms with van der Waals surface area (Å²) < 4.78 is 10.5. The molecule has 3 rings (SSSR count). The Bertz CT molecular complexity index is 831. The van der Waals surface area contributed by atoms with Crippen LogP contribution in [0.15, 0.2) is 54.6 Å². The standard InChI is InChI=1S/C24H31N3O3/c1-29-21-10-11-22(23(19-21)30-2)25-24(28)12-14-27-17-15-26(16-18-27)13-6-9-20-7-4-3-5-8-20/h3-11,19H,12-18H2,1-2H3,(H,25,28)/b9-6+. The van der Waals surface area contributed by atoms with Crippen LogP contribution in [0.1, 0.15) is 12.0 Å². The maximum absolute atomic E-state index is 12.4. The number of carbonyl (C=O) groups is 1. The van der Waals surface area contributed by atoms with Crippen LogP contribution in [0.5, 0.6) is 11.5 Å². The van der Waals surface area contributed by atoms with Gasteiger partial charge in [0.15, 0.2) is 0 Å². The minimum Gasteiger partial charge on any atom is -0.497 e. The molecule has 1 N–H and O–H groups in total. The topological polar surface area (TPSA) is 54.0 Å². The first kappa shape index (κ1) is 21.9. The predicted molar refractivity (Wildman–Crippen MR) is 121 cm³/mol. The van der Waals surface area contributed by atoms with Crippen molar-refractivity contribution in [3.8, 4) is 11.5 Å². The van der Waals surface area contributed by atoms with Crippen LogP contribution in [0.4, 0.5) is 5.69 Å². The zero-order valence-electron chi connectivity index (χ0n) is 17.8. The number of carbonyl (C=O) groups excluding carboxylic acids is 1. The van der Waals surface area contributed by atoms with Gasteiger partial charge in [-0.2, -0.15) is 0 Å². The Morgan fingerprint density at radius 3 is 2.43 bits per heavy atom. The average Bonchev–Trinajstić information content (AvgIpc) is 2.79. The van der Waals surface area contributed by atoms with Gasteiger partial charge in [-0.05, 0) is 17.7 Å². The van der Waals surface area contributed by atoms with Crippen molar-refractivity contribution in [1.29, 1.82) is 0 Å². The van der Waals surface area contributed by atoms with Crippen molar-refractivity contribution in [2.24, 2.45) is 0 Å². The first-order valence-electron chi connectivity index (χ1n) is 10.4. The molecule has 1 saturated heterocycles. The molecular weight excluding hydrogens is 378 g/mol. The smallest absolute Gasteiger partial charge is 0.225 e. The maximum Gasteiger partial charge on any atom is 0.225 e. The Morgan fingerprint density at radius 1 is 1.00 bits per heavy atom. The van der Waals surface area contributed by atoms with E-state index in [0.29, 0.717) is 23.6 Å². The Hall–Kier alpha value is -2.83. The van der Waals surface area contributed by atoms with E-state index in [1.807, 2.05) is 12.1 Å². The van der Waals surface area contributed by atoms with E-state index in [1.54, 1.807) is 26.4 Å². The zero-order valence-corrected chi connectivity index (χ0v) is 17.8. The molecule has 2 aromatic rings. The predicted octanol–water partition coefficient (Wildman–Crippen LogP) is 3.36. The highest BCUT2D eigenvalue weighted by molar-refractivity contribution is 5.92. The number of nitrogens with one attached hydrogen (secondary N) is 1. The van der Waals surface area contributed by atoms with Crippen LogP contribution in [-0.4, -0.2) is 69.2 Å². The van der Waals surface area contributed by atoms with Gasteiger partial charge in [-0.1, -0.05) is 42.5 Å². The van der Waals surface area contributed by atoms with Gasteiger partial charge >= 0.3 is 0 Å². The number of methoxy groups -OCH3 is 2. The molecule has 0 spiro atoms. The number of hydrogen-bond acceptors (Lipinski definition) is 5. The van der Waals surface area contributed by atoms with E-state index in [1.165, 1.54) is 5.56 Å². The van der Waals surface area contributed by atoms with Crippen LogP contribution >= 0.6 is 0 Å². The van der Waals surface area contributed by atoms with Crippen molar-refractivity contribution in [2.45, 2.75) is 6.42 Å². The summed E-state index contributed by atoms with van der Waals surface area (Å²) in [7, 11) is 3.19. The van der Waals surface area contributed by atoms with Crippen LogP contribution in [0.25, 0.3) is 6.08 Å². The third-order valence-corrected chi connectivity index (χ3v) is 5.28. The summed E-state index contributed by atoms with van der Waals surface area (Å²) in [6, 6.07) is 15.7. The molecule has 0 radical (unpaired) electrons. The second-order valence-electron chi connectivity index (χ2n) is 7.32. The molecule has 0 aromatic heterocycles. The number of hydrogen-bond donors (Lipinski definition) is 1. The highest BCUT2D eigenvalue weighted by atomic mass is 16.5. The lowest BCUT2D eigenvalue weighted by atomic mass is 10.2. The van der Waals surface area contributed by atoms with Crippen molar-refractivity contribution in [2.75, 3.05) is 58.8 Å². The van der Waals surface area contributed by atoms with Gasteiger partial charge in [0, 0.05) is 51.8 Å². The van der Waals surface area contributed by atoms with E-state index in [9.17, 15) is 4.79 Å². The van der Waals surface area contributed by atoms with Crippen molar-refractivity contribution in [3.63, 3.8) is 0 Å². The quantitative estimate of drug-likeness (QED) is 0.688. The zero-order chi connectivity index (χ0) is 21.2. The minimum atomic E-state index is -0.00769. The molecule has 0 saturated carbocycles. The summed E-state index contributed by atoms with van der Waals surface area (Å²) >= 11 is 0. The Balaban J connectivity index is 1.37. The summed E-state index contributed by atoms with van der Waals surface area (Å²) in [6.45, 7) is 5.73. The summed E-state index contributed by atoms with van der Waals surface area (Å²) in [4.78, 5) is 17.2. The van der Waals surface area contributed by atoms with Crippen molar-refractivity contribution >= 4 is 17.7 Å². The molecule has 6 heteroatoms. The normalized spacial score (nSPS) is 15.3. The molecule has 6 nitrogen and oxygen atoms in total. The van der Waals surface area contributed by atoms with E-state index in [2.05, 4.69) is 51.5 Å². The Labute approximate surface area is 179 Å². The van der Waals surface area contributed by atoms with Crippen molar-refractivity contribution in [3.05, 3.63) is 60.2 Å². The molecule has 0 unspecified atom stereocenters. The van der Waals surface area contributed by atoms with Gasteiger partial charge in [0.1, 0.15) is 11.5 Å². The highest BCUT2D eigenvalue weighted by Crippen LogP contribution is 2.29. The van der Waals surface area contributed by atoms with Gasteiger partial charge in [-0.3, -0.25) is 9.69 Å². The fourth-order valence-corrected chi connectivity index (χ4v) is 3.47. The number of ether oxygens (including phenoxy) is 2. The number of anilines is 1. The average molecular weight is 410 g/mol. The van der Waals surface area contributed by atoms with E-state index in [4.69, 9.17) is 9.47 Å². The Morgan fingerprint density at radius 2 is 1.73 bits per heavy atom. The molecule has 0 bridgehead atoms. The molecule has 2 aromatic carbocycles. The monoisotopic (exact) mass is 409 g/mol. The van der Waals surface area contributed by atoms with Gasteiger partial charge in [0.25, 0.3) is 0 Å². The third-order valence-electron chi connectivity index (χ3n) is 5.28. The fourth-order valence-electron chi connectivity index (χ4n) is 3.47. The molecule has 30 heavy (non-hydrogen) atoms. The molecular formula is C24H31N3O3. The second kappa shape index (κ2) is 11.4. The van der Waals surface area contributed by atoms with Gasteiger partial charge in [0.2, 0.25) is 5.91 Å². The largest absolute Gasteiger partial charge is 0.497 e. The van der Waals surface area contributed by atoms with E-state index in [0.717, 1.165) is 39.3 Å². The molecule has 1 aliphatic rings. The summed E-state index contributed by atoms with van der Waals surface area (Å²) in [5.41, 5.74) is 1.90. The number of amides is 1. The lowest BCUT2D eigenvalue weighted by Gasteiger charge is -2.34. The fraction of sp³-hybridized carbons (Fsp3) is 0.375. The lowest BCUT2D eigenvalue weighted by molar-refractivity contribution is -0.116. The van der Waals surface area contributed by atoms with Crippen LogP contribution in [0.3, 0.4) is 0 Å². The molecule has 0 aliphatic carbocycles. The van der Waals surface area contributed by atoms with Gasteiger partial charge in [-0.15, -0.1) is 0 Å². The lowest BCUT2D eigenvalue weighted by Crippen LogP contribution is -2.46. The maximum atomic E-state index is 12.4. The molecule has 1 heterocycles. The molecule has 1 amide bonds. The second-order valence-corrected chi connectivity index (χ2v) is 7.32.